The van der Waals surface area contributed by atoms with Crippen LogP contribution in [0, 0.1) is 13.8 Å². The fraction of sp³-hybridized carbons (Fsp3) is 0.320. The number of carbonyl (C=O) groups excluding carboxylic acids is 1. The lowest BCUT2D eigenvalue weighted by molar-refractivity contribution is -0.135. The maximum atomic E-state index is 13.5. The lowest BCUT2D eigenvalue weighted by atomic mass is 10.0. The van der Waals surface area contributed by atoms with Crippen molar-refractivity contribution in [3.8, 4) is 0 Å². The number of carbonyl (C=O) groups is 1. The number of rotatable bonds is 5. The summed E-state index contributed by atoms with van der Waals surface area (Å²) in [6.07, 6.45) is 4.71. The number of benzene rings is 2. The molecule has 150 valence electrons. The summed E-state index contributed by atoms with van der Waals surface area (Å²) in [4.78, 5) is 17.9. The third kappa shape index (κ3) is 4.37. The fourth-order valence-electron chi connectivity index (χ4n) is 4.15. The van der Waals surface area contributed by atoms with Crippen LogP contribution in [-0.4, -0.2) is 41.6 Å². The first-order valence-corrected chi connectivity index (χ1v) is 10.4. The molecule has 0 unspecified atom stereocenters. The SMILES string of the molecule is Cc1ccc(C)c(N2CCN(C(=O)[C@H](Cc3ccccc3)n3cccc3)CC2)c1. The van der Waals surface area contributed by atoms with E-state index in [-0.39, 0.29) is 11.9 Å². The molecule has 0 aliphatic carbocycles. The summed E-state index contributed by atoms with van der Waals surface area (Å²) in [5.41, 5.74) is 5.06. The number of anilines is 1. The van der Waals surface area contributed by atoms with E-state index in [9.17, 15) is 4.79 Å². The van der Waals surface area contributed by atoms with Gasteiger partial charge < -0.3 is 14.4 Å². The number of aryl methyl sites for hydroxylation is 2. The van der Waals surface area contributed by atoms with Gasteiger partial charge in [0.05, 0.1) is 0 Å². The molecule has 4 nitrogen and oxygen atoms in total. The molecule has 1 aliphatic heterocycles. The molecule has 0 saturated carbocycles. The van der Waals surface area contributed by atoms with Crippen LogP contribution < -0.4 is 4.90 Å². The highest BCUT2D eigenvalue weighted by molar-refractivity contribution is 5.81. The van der Waals surface area contributed by atoms with Crippen LogP contribution in [0.5, 0.6) is 0 Å². The van der Waals surface area contributed by atoms with E-state index in [0.29, 0.717) is 6.42 Å². The van der Waals surface area contributed by atoms with Gasteiger partial charge in [-0.15, -0.1) is 0 Å². The van der Waals surface area contributed by atoms with Gasteiger partial charge in [-0.3, -0.25) is 4.79 Å². The quantitative estimate of drug-likeness (QED) is 0.655. The van der Waals surface area contributed by atoms with Gasteiger partial charge in [0, 0.05) is 50.7 Å². The largest absolute Gasteiger partial charge is 0.368 e. The lowest BCUT2D eigenvalue weighted by Crippen LogP contribution is -2.51. The highest BCUT2D eigenvalue weighted by Gasteiger charge is 2.29. The van der Waals surface area contributed by atoms with E-state index in [0.717, 1.165) is 26.2 Å². The van der Waals surface area contributed by atoms with Crippen molar-refractivity contribution in [3.05, 3.63) is 89.7 Å². The van der Waals surface area contributed by atoms with Gasteiger partial charge >= 0.3 is 0 Å². The topological polar surface area (TPSA) is 28.5 Å². The number of nitrogens with zero attached hydrogens (tertiary/aromatic N) is 3. The molecule has 4 rings (SSSR count). The van der Waals surface area contributed by atoms with Crippen LogP contribution in [-0.2, 0) is 11.2 Å². The Morgan fingerprint density at radius 3 is 2.28 bits per heavy atom. The zero-order valence-electron chi connectivity index (χ0n) is 17.3. The number of piperazine rings is 1. The van der Waals surface area contributed by atoms with E-state index in [4.69, 9.17) is 0 Å². The Bertz CT molecular complexity index is 941. The van der Waals surface area contributed by atoms with Gasteiger partial charge in [-0.1, -0.05) is 42.5 Å². The molecule has 1 amide bonds. The average molecular weight is 388 g/mol. The van der Waals surface area contributed by atoms with Crippen molar-refractivity contribution in [1.82, 2.24) is 9.47 Å². The van der Waals surface area contributed by atoms with Crippen molar-refractivity contribution in [1.29, 1.82) is 0 Å². The zero-order valence-corrected chi connectivity index (χ0v) is 17.3. The zero-order chi connectivity index (χ0) is 20.2. The molecule has 2 aromatic carbocycles. The van der Waals surface area contributed by atoms with Crippen molar-refractivity contribution in [2.45, 2.75) is 26.3 Å². The highest BCUT2D eigenvalue weighted by atomic mass is 16.2. The van der Waals surface area contributed by atoms with E-state index in [1.165, 1.54) is 22.4 Å². The first kappa shape index (κ1) is 19.3. The van der Waals surface area contributed by atoms with Crippen LogP contribution in [0.2, 0.25) is 0 Å². The van der Waals surface area contributed by atoms with Gasteiger partial charge in [-0.05, 0) is 48.7 Å². The summed E-state index contributed by atoms with van der Waals surface area (Å²) in [6, 6.07) is 20.7. The van der Waals surface area contributed by atoms with Crippen molar-refractivity contribution < 1.29 is 4.79 Å². The van der Waals surface area contributed by atoms with Crippen LogP contribution in [0.3, 0.4) is 0 Å². The second-order valence-electron chi connectivity index (χ2n) is 7.94. The molecule has 1 aliphatic rings. The van der Waals surface area contributed by atoms with Gasteiger partial charge in [0.2, 0.25) is 5.91 Å². The van der Waals surface area contributed by atoms with Gasteiger partial charge in [-0.2, -0.15) is 0 Å². The maximum absolute atomic E-state index is 13.5. The minimum absolute atomic E-state index is 0.195. The number of aromatic nitrogens is 1. The van der Waals surface area contributed by atoms with Crippen LogP contribution in [0.25, 0.3) is 0 Å². The molecule has 29 heavy (non-hydrogen) atoms. The molecule has 0 N–H and O–H groups in total. The molecule has 0 bridgehead atoms. The van der Waals surface area contributed by atoms with E-state index < -0.39 is 0 Å². The number of hydrogen-bond acceptors (Lipinski definition) is 2. The Labute approximate surface area is 173 Å². The summed E-state index contributed by atoms with van der Waals surface area (Å²) in [5.74, 6) is 0.214. The Kier molecular flexibility index (Phi) is 5.70. The number of amides is 1. The highest BCUT2D eigenvalue weighted by Crippen LogP contribution is 2.24. The predicted molar refractivity (Wildman–Crippen MR) is 118 cm³/mol. The van der Waals surface area contributed by atoms with Crippen molar-refractivity contribution in [2.75, 3.05) is 31.1 Å². The normalized spacial score (nSPS) is 15.4. The lowest BCUT2D eigenvalue weighted by Gasteiger charge is -2.38. The number of hydrogen-bond donors (Lipinski definition) is 0. The Balaban J connectivity index is 1.47. The molecule has 1 fully saturated rings. The third-order valence-electron chi connectivity index (χ3n) is 5.84. The molecule has 1 saturated heterocycles. The summed E-state index contributed by atoms with van der Waals surface area (Å²) in [5, 5.41) is 0. The second kappa shape index (κ2) is 8.56. The molecule has 1 aromatic heterocycles. The fourth-order valence-corrected chi connectivity index (χ4v) is 4.15. The molecule has 0 radical (unpaired) electrons. The van der Waals surface area contributed by atoms with E-state index >= 15 is 0 Å². The van der Waals surface area contributed by atoms with E-state index in [1.807, 2.05) is 52.2 Å². The molecule has 2 heterocycles. The Hall–Kier alpha value is -3.01. The summed E-state index contributed by atoms with van der Waals surface area (Å²) in [7, 11) is 0. The molecule has 1 atom stereocenters. The molecule has 4 heteroatoms. The van der Waals surface area contributed by atoms with Crippen molar-refractivity contribution in [3.63, 3.8) is 0 Å². The first-order chi connectivity index (χ1) is 14.1. The van der Waals surface area contributed by atoms with Gasteiger partial charge in [0.25, 0.3) is 0 Å². The smallest absolute Gasteiger partial charge is 0.246 e. The van der Waals surface area contributed by atoms with E-state index in [2.05, 4.69) is 49.1 Å². The van der Waals surface area contributed by atoms with Crippen LogP contribution in [0.4, 0.5) is 5.69 Å². The minimum atomic E-state index is -0.195. The molecule has 3 aromatic rings. The third-order valence-corrected chi connectivity index (χ3v) is 5.84. The second-order valence-corrected chi connectivity index (χ2v) is 7.94. The van der Waals surface area contributed by atoms with Crippen LogP contribution in [0.1, 0.15) is 22.7 Å². The van der Waals surface area contributed by atoms with Gasteiger partial charge in [0.1, 0.15) is 6.04 Å². The van der Waals surface area contributed by atoms with Crippen molar-refractivity contribution in [2.24, 2.45) is 0 Å². The van der Waals surface area contributed by atoms with Gasteiger partial charge in [-0.25, -0.2) is 0 Å². The monoisotopic (exact) mass is 387 g/mol. The van der Waals surface area contributed by atoms with Crippen molar-refractivity contribution >= 4 is 11.6 Å². The van der Waals surface area contributed by atoms with E-state index in [1.54, 1.807) is 0 Å². The maximum Gasteiger partial charge on any atom is 0.246 e. The molecule has 0 spiro atoms. The predicted octanol–water partition coefficient (Wildman–Crippen LogP) is 4.24. The minimum Gasteiger partial charge on any atom is -0.368 e. The summed E-state index contributed by atoms with van der Waals surface area (Å²) >= 11 is 0. The standard InChI is InChI=1S/C25H29N3O/c1-20-10-11-21(2)23(18-20)27-14-16-28(17-15-27)25(29)24(26-12-6-7-13-26)19-22-8-4-3-5-9-22/h3-13,18,24H,14-17,19H2,1-2H3/t24-/m0/s1. The molecular weight excluding hydrogens is 358 g/mol. The average Bonchev–Trinajstić information content (AvgIpc) is 3.29. The summed E-state index contributed by atoms with van der Waals surface area (Å²) in [6.45, 7) is 7.57. The molecular formula is C25H29N3O. The Morgan fingerprint density at radius 1 is 0.897 bits per heavy atom. The summed E-state index contributed by atoms with van der Waals surface area (Å²) < 4.78 is 2.05. The van der Waals surface area contributed by atoms with Gasteiger partial charge in [0.15, 0.2) is 0 Å². The van der Waals surface area contributed by atoms with Crippen LogP contribution >= 0.6 is 0 Å². The Morgan fingerprint density at radius 2 is 1.59 bits per heavy atom. The van der Waals surface area contributed by atoms with Crippen LogP contribution in [0.15, 0.2) is 73.1 Å². The first-order valence-electron chi connectivity index (χ1n) is 10.4.